The summed E-state index contributed by atoms with van der Waals surface area (Å²) >= 11 is 13.0. The standard InChI is InChI=1S/C22H16Br2ClFN2O/c23-14-3-1-2-12(8-14)19-11-20(16-10-15(25)5-7-21(16)29)28-22(27-19)13-4-6-18(26)17(24)9-13/h1-11,20,22,27-29H/p+1. The Balaban J connectivity index is 1.79. The molecule has 4 N–H and O–H groups in total. The van der Waals surface area contributed by atoms with Crippen LogP contribution < -0.4 is 10.6 Å². The topological polar surface area (TPSA) is 48.9 Å². The predicted molar refractivity (Wildman–Crippen MR) is 120 cm³/mol. The molecule has 1 aliphatic heterocycles. The van der Waals surface area contributed by atoms with Crippen molar-refractivity contribution in [1.82, 2.24) is 5.32 Å². The lowest BCUT2D eigenvalue weighted by molar-refractivity contribution is -0.731. The lowest BCUT2D eigenvalue weighted by Crippen LogP contribution is -2.89. The Kier molecular flexibility index (Phi) is 5.97. The molecule has 3 aromatic carbocycles. The summed E-state index contributed by atoms with van der Waals surface area (Å²) < 4.78 is 15.1. The monoisotopic (exact) mass is 537 g/mol. The van der Waals surface area contributed by atoms with Crippen LogP contribution >= 0.6 is 43.5 Å². The summed E-state index contributed by atoms with van der Waals surface area (Å²) in [5, 5.41) is 16.6. The fourth-order valence-electron chi connectivity index (χ4n) is 3.43. The molecule has 0 fully saturated rings. The average molecular weight is 540 g/mol. The summed E-state index contributed by atoms with van der Waals surface area (Å²) in [6.45, 7) is 0. The van der Waals surface area contributed by atoms with E-state index in [0.717, 1.165) is 26.9 Å². The number of phenolic OH excluding ortho intramolecular Hbond substituents is 1. The molecule has 1 heterocycles. The Morgan fingerprint density at radius 3 is 2.62 bits per heavy atom. The summed E-state index contributed by atoms with van der Waals surface area (Å²) in [5.74, 6) is -0.127. The lowest BCUT2D eigenvalue weighted by atomic mass is 9.98. The molecule has 0 aromatic heterocycles. The first kappa shape index (κ1) is 20.4. The van der Waals surface area contributed by atoms with Crippen molar-refractivity contribution in [2.45, 2.75) is 12.2 Å². The predicted octanol–water partition coefficient (Wildman–Crippen LogP) is 5.66. The van der Waals surface area contributed by atoms with Gasteiger partial charge in [0.15, 0.2) is 6.17 Å². The van der Waals surface area contributed by atoms with Crippen LogP contribution in [0.2, 0.25) is 5.02 Å². The molecule has 0 spiro atoms. The van der Waals surface area contributed by atoms with Gasteiger partial charge in [-0.1, -0.05) is 39.7 Å². The molecule has 0 amide bonds. The van der Waals surface area contributed by atoms with Crippen molar-refractivity contribution in [3.63, 3.8) is 0 Å². The smallest absolute Gasteiger partial charge is 0.186 e. The van der Waals surface area contributed by atoms with E-state index in [-0.39, 0.29) is 23.8 Å². The zero-order valence-electron chi connectivity index (χ0n) is 15.0. The van der Waals surface area contributed by atoms with E-state index in [1.807, 2.05) is 24.3 Å². The fourth-order valence-corrected chi connectivity index (χ4v) is 4.40. The largest absolute Gasteiger partial charge is 0.507 e. The number of benzene rings is 3. The van der Waals surface area contributed by atoms with E-state index in [1.165, 1.54) is 6.07 Å². The number of phenols is 1. The van der Waals surface area contributed by atoms with E-state index in [1.54, 1.807) is 30.3 Å². The molecule has 0 saturated carbocycles. The maximum atomic E-state index is 13.7. The zero-order chi connectivity index (χ0) is 20.5. The fraction of sp³-hybridized carbons (Fsp3) is 0.0909. The van der Waals surface area contributed by atoms with Crippen LogP contribution in [0.1, 0.15) is 28.9 Å². The molecule has 3 nitrogen and oxygen atoms in total. The highest BCUT2D eigenvalue weighted by Gasteiger charge is 2.30. The summed E-state index contributed by atoms with van der Waals surface area (Å²) in [7, 11) is 0. The van der Waals surface area contributed by atoms with Crippen molar-refractivity contribution >= 4 is 49.2 Å². The SMILES string of the molecule is Oc1ccc(Cl)cc1C1C=C(c2cccc(Br)c2)NC(c2ccc(F)c(Br)c2)[NH2+]1. The van der Waals surface area contributed by atoms with Crippen LogP contribution in [0.25, 0.3) is 5.70 Å². The Hall–Kier alpha value is -1.86. The molecule has 1 aliphatic rings. The normalized spacial score (nSPS) is 18.8. The third kappa shape index (κ3) is 4.51. The molecule has 148 valence electrons. The van der Waals surface area contributed by atoms with Gasteiger partial charge < -0.3 is 15.7 Å². The molecular weight excluding hydrogens is 523 g/mol. The van der Waals surface area contributed by atoms with Gasteiger partial charge in [-0.3, -0.25) is 0 Å². The van der Waals surface area contributed by atoms with Crippen LogP contribution in [0, 0.1) is 5.82 Å². The second-order valence-electron chi connectivity index (χ2n) is 6.81. The van der Waals surface area contributed by atoms with E-state index >= 15 is 0 Å². The number of nitrogens with two attached hydrogens (primary N) is 1. The van der Waals surface area contributed by atoms with Crippen molar-refractivity contribution < 1.29 is 14.8 Å². The number of rotatable bonds is 3. The zero-order valence-corrected chi connectivity index (χ0v) is 19.0. The highest BCUT2D eigenvalue weighted by molar-refractivity contribution is 9.10. The van der Waals surface area contributed by atoms with Crippen molar-refractivity contribution in [2.75, 3.05) is 0 Å². The third-order valence-electron chi connectivity index (χ3n) is 4.84. The van der Waals surface area contributed by atoms with Gasteiger partial charge in [-0.25, -0.2) is 4.39 Å². The first-order valence-corrected chi connectivity index (χ1v) is 10.9. The molecule has 2 atom stereocenters. The van der Waals surface area contributed by atoms with Gasteiger partial charge >= 0.3 is 0 Å². The highest BCUT2D eigenvalue weighted by atomic mass is 79.9. The quantitative estimate of drug-likeness (QED) is 0.403. The van der Waals surface area contributed by atoms with Gasteiger partial charge in [0.2, 0.25) is 0 Å². The molecule has 4 rings (SSSR count). The molecule has 3 aromatic rings. The summed E-state index contributed by atoms with van der Waals surface area (Å²) in [5.41, 5.74) is 3.55. The maximum absolute atomic E-state index is 13.7. The molecular formula is C22H17Br2ClFN2O+. The van der Waals surface area contributed by atoms with Crippen LogP contribution in [0.15, 0.2) is 75.7 Å². The first-order chi connectivity index (χ1) is 13.9. The van der Waals surface area contributed by atoms with Crippen molar-refractivity contribution in [2.24, 2.45) is 0 Å². The van der Waals surface area contributed by atoms with Crippen molar-refractivity contribution in [1.29, 1.82) is 0 Å². The van der Waals surface area contributed by atoms with Crippen LogP contribution in [0.4, 0.5) is 4.39 Å². The first-order valence-electron chi connectivity index (χ1n) is 8.93. The van der Waals surface area contributed by atoms with Crippen LogP contribution in [0.5, 0.6) is 5.75 Å². The molecule has 2 unspecified atom stereocenters. The summed E-state index contributed by atoms with van der Waals surface area (Å²) in [4.78, 5) is 0. The van der Waals surface area contributed by atoms with E-state index in [4.69, 9.17) is 11.6 Å². The van der Waals surface area contributed by atoms with Crippen LogP contribution in [-0.2, 0) is 0 Å². The van der Waals surface area contributed by atoms with Gasteiger partial charge in [-0.15, -0.1) is 0 Å². The minimum Gasteiger partial charge on any atom is -0.507 e. The average Bonchev–Trinajstić information content (AvgIpc) is 2.71. The number of nitrogens with one attached hydrogen (secondary N) is 1. The van der Waals surface area contributed by atoms with E-state index < -0.39 is 0 Å². The maximum Gasteiger partial charge on any atom is 0.186 e. The Morgan fingerprint density at radius 1 is 1.03 bits per heavy atom. The molecule has 0 saturated heterocycles. The Bertz CT molecular complexity index is 1110. The number of aromatic hydroxyl groups is 1. The van der Waals surface area contributed by atoms with E-state index in [9.17, 15) is 9.50 Å². The van der Waals surface area contributed by atoms with Crippen molar-refractivity contribution in [3.8, 4) is 5.75 Å². The summed E-state index contributed by atoms with van der Waals surface area (Å²) in [6, 6.07) is 17.8. The number of quaternary nitrogens is 1. The van der Waals surface area contributed by atoms with Crippen LogP contribution in [0.3, 0.4) is 0 Å². The minimum atomic E-state index is -0.309. The van der Waals surface area contributed by atoms with Gasteiger partial charge in [-0.2, -0.15) is 0 Å². The number of hydrogen-bond donors (Lipinski definition) is 3. The second kappa shape index (κ2) is 8.48. The highest BCUT2D eigenvalue weighted by Crippen LogP contribution is 2.32. The Morgan fingerprint density at radius 2 is 1.86 bits per heavy atom. The summed E-state index contributed by atoms with van der Waals surface area (Å²) in [6.07, 6.45) is 1.87. The number of hydrogen-bond acceptors (Lipinski definition) is 2. The molecule has 0 radical (unpaired) electrons. The van der Waals surface area contributed by atoms with Gasteiger partial charge in [0.05, 0.1) is 10.0 Å². The molecule has 7 heteroatoms. The Labute approximate surface area is 189 Å². The molecule has 29 heavy (non-hydrogen) atoms. The lowest BCUT2D eigenvalue weighted by Gasteiger charge is -2.30. The van der Waals surface area contributed by atoms with Gasteiger partial charge in [0, 0.05) is 26.8 Å². The third-order valence-corrected chi connectivity index (χ3v) is 6.18. The van der Waals surface area contributed by atoms with Gasteiger partial charge in [0.1, 0.15) is 17.6 Å². The van der Waals surface area contributed by atoms with Crippen LogP contribution in [-0.4, -0.2) is 5.11 Å². The van der Waals surface area contributed by atoms with E-state index in [0.29, 0.717) is 9.50 Å². The second-order valence-corrected chi connectivity index (χ2v) is 9.01. The van der Waals surface area contributed by atoms with Crippen molar-refractivity contribution in [3.05, 3.63) is 103 Å². The number of halogens is 4. The minimum absolute atomic E-state index is 0.182. The van der Waals surface area contributed by atoms with Gasteiger partial charge in [-0.05, 0) is 70.0 Å². The molecule has 0 aliphatic carbocycles. The molecule has 0 bridgehead atoms. The van der Waals surface area contributed by atoms with E-state index in [2.05, 4.69) is 48.6 Å². The van der Waals surface area contributed by atoms with Gasteiger partial charge in [0.25, 0.3) is 0 Å².